The van der Waals surface area contributed by atoms with Crippen molar-refractivity contribution in [2.24, 2.45) is 0 Å². The predicted octanol–water partition coefficient (Wildman–Crippen LogP) is 2.14. The summed E-state index contributed by atoms with van der Waals surface area (Å²) in [6, 6.07) is 3.80. The number of nitro groups is 1. The Morgan fingerprint density at radius 3 is 2.63 bits per heavy atom. The van der Waals surface area contributed by atoms with Gasteiger partial charge >= 0.3 is 5.69 Å². The van der Waals surface area contributed by atoms with Gasteiger partial charge in [0.05, 0.1) is 16.7 Å². The van der Waals surface area contributed by atoms with Crippen LogP contribution in [0.5, 0.6) is 0 Å². The minimum absolute atomic E-state index is 0.125. The summed E-state index contributed by atoms with van der Waals surface area (Å²) in [6.07, 6.45) is 2.06. The van der Waals surface area contributed by atoms with Crippen molar-refractivity contribution >= 4 is 17.1 Å². The molecular weight excluding hydrogens is 260 g/mol. The van der Waals surface area contributed by atoms with E-state index in [4.69, 9.17) is 0 Å². The molecule has 0 atom stereocenters. The Labute approximate surface area is 105 Å². The van der Waals surface area contributed by atoms with E-state index in [1.54, 1.807) is 0 Å². The van der Waals surface area contributed by atoms with E-state index in [-0.39, 0.29) is 17.1 Å². The van der Waals surface area contributed by atoms with Crippen molar-refractivity contribution in [1.29, 1.82) is 0 Å². The second-order valence-electron chi connectivity index (χ2n) is 3.63. The molecule has 0 fully saturated rings. The third kappa shape index (κ3) is 2.73. The number of hydrogen-bond acceptors (Lipinski definition) is 4. The Morgan fingerprint density at radius 1 is 1.26 bits per heavy atom. The van der Waals surface area contributed by atoms with Crippen molar-refractivity contribution in [3.05, 3.63) is 58.4 Å². The molecule has 1 aromatic carbocycles. The fraction of sp³-hybridized carbons (Fsp3) is 0. The molecule has 0 saturated heterocycles. The van der Waals surface area contributed by atoms with Crippen LogP contribution in [0, 0.1) is 21.7 Å². The van der Waals surface area contributed by atoms with Gasteiger partial charge < -0.3 is 5.32 Å². The van der Waals surface area contributed by atoms with Crippen LogP contribution in [0.1, 0.15) is 0 Å². The van der Waals surface area contributed by atoms with Crippen LogP contribution in [0.4, 0.5) is 25.8 Å². The van der Waals surface area contributed by atoms with Gasteiger partial charge in [-0.05, 0) is 12.1 Å². The van der Waals surface area contributed by atoms with Gasteiger partial charge in [0.25, 0.3) is 6.20 Å². The first-order chi connectivity index (χ1) is 8.97. The highest BCUT2D eigenvalue weighted by Gasteiger charge is 2.20. The maximum absolute atomic E-state index is 13.4. The van der Waals surface area contributed by atoms with E-state index in [0.717, 1.165) is 30.6 Å². The zero-order chi connectivity index (χ0) is 14.0. The molecule has 0 bridgehead atoms. The molecule has 0 saturated carbocycles. The Balaban J connectivity index is 2.42. The van der Waals surface area contributed by atoms with Crippen molar-refractivity contribution in [2.45, 2.75) is 0 Å². The van der Waals surface area contributed by atoms with E-state index in [9.17, 15) is 24.1 Å². The van der Waals surface area contributed by atoms with Gasteiger partial charge in [-0.25, -0.2) is 8.78 Å². The smallest absolute Gasteiger partial charge is 0.305 e. The number of nitrogens with one attached hydrogen (secondary N) is 1. The normalized spacial score (nSPS) is 10.2. The topological polar surface area (TPSA) is 79.3 Å². The van der Waals surface area contributed by atoms with E-state index < -0.39 is 16.6 Å². The highest BCUT2D eigenvalue weighted by Crippen LogP contribution is 2.27. The summed E-state index contributed by atoms with van der Waals surface area (Å²) in [5, 5.41) is 22.4. The predicted molar refractivity (Wildman–Crippen MR) is 60.1 cm³/mol. The number of anilines is 2. The Bertz CT molecular complexity index is 649. The lowest BCUT2D eigenvalue weighted by Gasteiger charge is -2.06. The van der Waals surface area contributed by atoms with Crippen LogP contribution in [-0.4, -0.2) is 10.1 Å². The largest absolute Gasteiger partial charge is 0.342 e. The molecule has 8 heteroatoms. The van der Waals surface area contributed by atoms with E-state index in [1.165, 1.54) is 0 Å². The number of aromatic nitrogens is 1. The highest BCUT2D eigenvalue weighted by molar-refractivity contribution is 5.67. The summed E-state index contributed by atoms with van der Waals surface area (Å²) in [6.45, 7) is 0. The molecule has 0 spiro atoms. The molecular formula is C11H8F2N3O3+. The summed E-state index contributed by atoms with van der Waals surface area (Å²) in [4.78, 5) is 10.1. The minimum atomic E-state index is -0.900. The average Bonchev–Trinajstić information content (AvgIpc) is 2.32. The van der Waals surface area contributed by atoms with Crippen LogP contribution in [0.25, 0.3) is 0 Å². The van der Waals surface area contributed by atoms with Crippen molar-refractivity contribution < 1.29 is 23.6 Å². The fourth-order valence-corrected chi connectivity index (χ4v) is 1.47. The van der Waals surface area contributed by atoms with Gasteiger partial charge in [-0.15, -0.1) is 0 Å². The molecule has 0 aliphatic carbocycles. The molecule has 98 valence electrons. The third-order valence-corrected chi connectivity index (χ3v) is 2.32. The lowest BCUT2D eigenvalue weighted by atomic mass is 10.2. The van der Waals surface area contributed by atoms with Gasteiger partial charge in [0, 0.05) is 10.8 Å². The fourth-order valence-electron chi connectivity index (χ4n) is 1.47. The summed E-state index contributed by atoms with van der Waals surface area (Å²) in [5.74, 6) is -1.66. The van der Waals surface area contributed by atoms with Crippen molar-refractivity contribution in [3.63, 3.8) is 0 Å². The van der Waals surface area contributed by atoms with Crippen LogP contribution < -0.4 is 10.0 Å². The van der Waals surface area contributed by atoms with Crippen molar-refractivity contribution in [3.8, 4) is 0 Å². The van der Waals surface area contributed by atoms with E-state index in [0.29, 0.717) is 10.8 Å². The van der Waals surface area contributed by atoms with Crippen LogP contribution in [-0.2, 0) is 0 Å². The minimum Gasteiger partial charge on any atom is -0.342 e. The molecule has 0 aliphatic rings. The third-order valence-electron chi connectivity index (χ3n) is 2.32. The van der Waals surface area contributed by atoms with Gasteiger partial charge in [0.1, 0.15) is 11.6 Å². The van der Waals surface area contributed by atoms with E-state index >= 15 is 0 Å². The summed E-state index contributed by atoms with van der Waals surface area (Å²) in [7, 11) is 0. The Hall–Kier alpha value is -2.77. The van der Waals surface area contributed by atoms with Gasteiger partial charge in [-0.3, -0.25) is 15.3 Å². The second kappa shape index (κ2) is 4.84. The van der Waals surface area contributed by atoms with Gasteiger partial charge in [0.15, 0.2) is 5.69 Å². The molecule has 1 aromatic heterocycles. The second-order valence-corrected chi connectivity index (χ2v) is 3.63. The van der Waals surface area contributed by atoms with E-state index in [2.05, 4.69) is 5.32 Å². The standard InChI is InChI=1S/C11H8F2N3O3/c12-7-1-2-9(8(13)5-7)14-10-6-15(17)4-3-11(10)16(18)19/h1-6,14,17H/q+1. The highest BCUT2D eigenvalue weighted by atomic mass is 19.1. The molecule has 2 rings (SSSR count). The number of nitrogens with zero attached hydrogens (tertiary/aromatic N) is 2. The maximum Gasteiger partial charge on any atom is 0.305 e. The monoisotopic (exact) mass is 268 g/mol. The van der Waals surface area contributed by atoms with Crippen molar-refractivity contribution in [1.82, 2.24) is 0 Å². The zero-order valence-corrected chi connectivity index (χ0v) is 9.38. The summed E-state index contributed by atoms with van der Waals surface area (Å²) < 4.78 is 26.7. The van der Waals surface area contributed by atoms with Crippen LogP contribution in [0.2, 0.25) is 0 Å². The zero-order valence-electron chi connectivity index (χ0n) is 9.38. The molecule has 2 N–H and O–H groups in total. The number of rotatable bonds is 3. The lowest BCUT2D eigenvalue weighted by Crippen LogP contribution is -2.29. The van der Waals surface area contributed by atoms with Gasteiger partial charge in [-0.2, -0.15) is 0 Å². The number of hydrogen-bond donors (Lipinski definition) is 2. The Morgan fingerprint density at radius 2 is 2.00 bits per heavy atom. The number of pyridine rings is 1. The number of halogens is 2. The molecule has 0 aliphatic heterocycles. The summed E-state index contributed by atoms with van der Waals surface area (Å²) in [5.41, 5.74) is -0.620. The van der Waals surface area contributed by atoms with Crippen molar-refractivity contribution in [2.75, 3.05) is 5.32 Å². The first-order valence-electron chi connectivity index (χ1n) is 5.08. The van der Waals surface area contributed by atoms with Crippen LogP contribution in [0.15, 0.2) is 36.7 Å². The first-order valence-corrected chi connectivity index (χ1v) is 5.08. The molecule has 1 heterocycles. The average molecular weight is 268 g/mol. The van der Waals surface area contributed by atoms with Gasteiger partial charge in [-0.1, -0.05) is 0 Å². The summed E-state index contributed by atoms with van der Waals surface area (Å²) >= 11 is 0. The molecule has 0 amide bonds. The quantitative estimate of drug-likeness (QED) is 0.387. The van der Waals surface area contributed by atoms with Gasteiger partial charge in [0.2, 0.25) is 6.20 Å². The lowest BCUT2D eigenvalue weighted by molar-refractivity contribution is -0.904. The first kappa shape index (κ1) is 12.7. The molecule has 0 unspecified atom stereocenters. The molecule has 0 radical (unpaired) electrons. The van der Waals surface area contributed by atoms with Crippen LogP contribution >= 0.6 is 0 Å². The Kier molecular flexibility index (Phi) is 3.23. The van der Waals surface area contributed by atoms with Crippen LogP contribution in [0.3, 0.4) is 0 Å². The number of benzene rings is 1. The molecule has 19 heavy (non-hydrogen) atoms. The maximum atomic E-state index is 13.4. The SMILES string of the molecule is O=[N+]([O-])c1cc[n+](O)cc1Nc1ccc(F)cc1F. The molecule has 2 aromatic rings. The van der Waals surface area contributed by atoms with E-state index in [1.807, 2.05) is 0 Å². The molecule has 6 nitrogen and oxygen atoms in total.